The van der Waals surface area contributed by atoms with Crippen LogP contribution in [0.4, 0.5) is 0 Å². The third-order valence-electron chi connectivity index (χ3n) is 1.69. The van der Waals surface area contributed by atoms with E-state index in [0.29, 0.717) is 11.1 Å². The highest BCUT2D eigenvalue weighted by atomic mass is 35.5. The molecule has 0 saturated heterocycles. The first kappa shape index (κ1) is 8.90. The van der Waals surface area contributed by atoms with E-state index in [1.165, 1.54) is 31.1 Å². The highest BCUT2D eigenvalue weighted by Gasteiger charge is 2.15. The standard InChI is InChI=1S/C9H5ClN2O2/c10-9-7(1-2-14-9)8(13)6-3-11-5-12-4-6/h1-5H. The Balaban J connectivity index is 2.39. The fourth-order valence-corrected chi connectivity index (χ4v) is 1.23. The van der Waals surface area contributed by atoms with Gasteiger partial charge in [-0.3, -0.25) is 4.79 Å². The Hall–Kier alpha value is -1.68. The first-order valence-corrected chi connectivity index (χ1v) is 4.19. The van der Waals surface area contributed by atoms with E-state index < -0.39 is 0 Å². The van der Waals surface area contributed by atoms with Gasteiger partial charge in [-0.05, 0) is 17.7 Å². The third-order valence-corrected chi connectivity index (χ3v) is 1.98. The average Bonchev–Trinajstić information content (AvgIpc) is 2.65. The van der Waals surface area contributed by atoms with Gasteiger partial charge < -0.3 is 4.42 Å². The molecule has 0 atom stereocenters. The topological polar surface area (TPSA) is 56.0 Å². The summed E-state index contributed by atoms with van der Waals surface area (Å²) in [6, 6.07) is 1.51. The molecule has 70 valence electrons. The number of carbonyl (C=O) groups excluding carboxylic acids is 1. The molecule has 4 nitrogen and oxygen atoms in total. The van der Waals surface area contributed by atoms with Crippen LogP contribution < -0.4 is 0 Å². The molecule has 5 heteroatoms. The van der Waals surface area contributed by atoms with Gasteiger partial charge in [-0.25, -0.2) is 9.97 Å². The second-order valence-electron chi connectivity index (χ2n) is 2.56. The lowest BCUT2D eigenvalue weighted by Crippen LogP contribution is -2.01. The van der Waals surface area contributed by atoms with E-state index in [0.717, 1.165) is 0 Å². The largest absolute Gasteiger partial charge is 0.452 e. The molecule has 0 bridgehead atoms. The minimum Gasteiger partial charge on any atom is -0.452 e. The Labute approximate surface area is 84.6 Å². The Kier molecular flexibility index (Phi) is 2.28. The van der Waals surface area contributed by atoms with E-state index in [9.17, 15) is 4.79 Å². The number of rotatable bonds is 2. The summed E-state index contributed by atoms with van der Waals surface area (Å²) in [6.45, 7) is 0. The van der Waals surface area contributed by atoms with Crippen LogP contribution in [0.25, 0.3) is 0 Å². The number of halogens is 1. The van der Waals surface area contributed by atoms with Gasteiger partial charge in [-0.15, -0.1) is 0 Å². The molecule has 0 fully saturated rings. The van der Waals surface area contributed by atoms with Crippen molar-refractivity contribution in [3.63, 3.8) is 0 Å². The van der Waals surface area contributed by atoms with E-state index >= 15 is 0 Å². The molecule has 0 amide bonds. The number of carbonyl (C=O) groups is 1. The maximum atomic E-state index is 11.7. The van der Waals surface area contributed by atoms with Crippen LogP contribution in [0.15, 0.2) is 35.5 Å². The van der Waals surface area contributed by atoms with Gasteiger partial charge in [0, 0.05) is 12.4 Å². The van der Waals surface area contributed by atoms with Crippen molar-refractivity contribution in [1.29, 1.82) is 0 Å². The number of hydrogen-bond acceptors (Lipinski definition) is 4. The summed E-state index contributed by atoms with van der Waals surface area (Å²) in [5.74, 6) is -0.246. The quantitative estimate of drug-likeness (QED) is 0.708. The SMILES string of the molecule is O=C(c1cncnc1)c1ccoc1Cl. The lowest BCUT2D eigenvalue weighted by Gasteiger charge is -1.95. The van der Waals surface area contributed by atoms with Crippen LogP contribution in [-0.4, -0.2) is 15.8 Å². The number of nitrogens with zero attached hydrogens (tertiary/aromatic N) is 2. The predicted molar refractivity (Wildman–Crippen MR) is 49.2 cm³/mol. The number of hydrogen-bond donors (Lipinski definition) is 0. The summed E-state index contributed by atoms with van der Waals surface area (Å²) in [5.41, 5.74) is 0.706. The van der Waals surface area contributed by atoms with Crippen LogP contribution in [-0.2, 0) is 0 Å². The first-order valence-electron chi connectivity index (χ1n) is 3.82. The van der Waals surface area contributed by atoms with E-state index in [1.807, 2.05) is 0 Å². The van der Waals surface area contributed by atoms with E-state index in [4.69, 9.17) is 16.0 Å². The molecule has 0 unspecified atom stereocenters. The monoisotopic (exact) mass is 208 g/mol. The van der Waals surface area contributed by atoms with Crippen molar-refractivity contribution in [2.24, 2.45) is 0 Å². The molecular weight excluding hydrogens is 204 g/mol. The fraction of sp³-hybridized carbons (Fsp3) is 0. The molecule has 2 heterocycles. The van der Waals surface area contributed by atoms with Gasteiger partial charge in [0.05, 0.1) is 17.4 Å². The Morgan fingerprint density at radius 3 is 2.64 bits per heavy atom. The zero-order chi connectivity index (χ0) is 9.97. The molecule has 0 aromatic carbocycles. The molecule has 0 spiro atoms. The summed E-state index contributed by atoms with van der Waals surface area (Å²) in [4.78, 5) is 19.2. The molecule has 2 aromatic rings. The average molecular weight is 209 g/mol. The van der Waals surface area contributed by atoms with Gasteiger partial charge in [0.25, 0.3) is 0 Å². The molecule has 0 aliphatic carbocycles. The summed E-state index contributed by atoms with van der Waals surface area (Å²) in [6.07, 6.45) is 5.57. The fourth-order valence-electron chi connectivity index (χ4n) is 1.03. The highest BCUT2D eigenvalue weighted by molar-refractivity contribution is 6.33. The van der Waals surface area contributed by atoms with Crippen LogP contribution in [0.5, 0.6) is 0 Å². The maximum absolute atomic E-state index is 11.7. The summed E-state index contributed by atoms with van der Waals surface area (Å²) in [5, 5.41) is 0.0823. The van der Waals surface area contributed by atoms with Crippen LogP contribution in [0.3, 0.4) is 0 Å². The lowest BCUT2D eigenvalue weighted by molar-refractivity contribution is 0.103. The summed E-state index contributed by atoms with van der Waals surface area (Å²) < 4.78 is 4.81. The van der Waals surface area contributed by atoms with E-state index in [-0.39, 0.29) is 11.0 Å². The van der Waals surface area contributed by atoms with Crippen molar-refractivity contribution in [2.45, 2.75) is 0 Å². The Morgan fingerprint density at radius 1 is 1.36 bits per heavy atom. The van der Waals surface area contributed by atoms with Crippen molar-refractivity contribution in [2.75, 3.05) is 0 Å². The number of furan rings is 1. The first-order chi connectivity index (χ1) is 6.79. The molecule has 2 rings (SSSR count). The van der Waals surface area contributed by atoms with Crippen molar-refractivity contribution in [1.82, 2.24) is 9.97 Å². The van der Waals surface area contributed by atoms with Crippen molar-refractivity contribution in [3.05, 3.63) is 47.4 Å². The number of aromatic nitrogens is 2. The van der Waals surface area contributed by atoms with Gasteiger partial charge in [-0.2, -0.15) is 0 Å². The van der Waals surface area contributed by atoms with Gasteiger partial charge >= 0.3 is 0 Å². The molecular formula is C9H5ClN2O2. The third kappa shape index (κ3) is 1.52. The molecule has 0 saturated carbocycles. The van der Waals surface area contributed by atoms with Crippen molar-refractivity contribution < 1.29 is 9.21 Å². The van der Waals surface area contributed by atoms with Gasteiger partial charge in [0.1, 0.15) is 6.33 Å². The lowest BCUT2D eigenvalue weighted by atomic mass is 10.1. The highest BCUT2D eigenvalue weighted by Crippen LogP contribution is 2.19. The smallest absolute Gasteiger partial charge is 0.204 e. The van der Waals surface area contributed by atoms with Crippen molar-refractivity contribution in [3.8, 4) is 0 Å². The van der Waals surface area contributed by atoms with Crippen LogP contribution in [0.1, 0.15) is 15.9 Å². The van der Waals surface area contributed by atoms with Crippen LogP contribution in [0.2, 0.25) is 5.22 Å². The predicted octanol–water partition coefficient (Wildman–Crippen LogP) is 1.95. The van der Waals surface area contributed by atoms with Crippen LogP contribution >= 0.6 is 11.6 Å². The summed E-state index contributed by atoms with van der Waals surface area (Å²) >= 11 is 5.66. The minimum atomic E-state index is -0.246. The maximum Gasteiger partial charge on any atom is 0.204 e. The molecule has 14 heavy (non-hydrogen) atoms. The number of ketones is 1. The zero-order valence-electron chi connectivity index (χ0n) is 6.98. The molecule has 0 N–H and O–H groups in total. The summed E-state index contributed by atoms with van der Waals surface area (Å²) in [7, 11) is 0. The van der Waals surface area contributed by atoms with E-state index in [1.54, 1.807) is 0 Å². The van der Waals surface area contributed by atoms with Gasteiger partial charge in [0.2, 0.25) is 11.0 Å². The van der Waals surface area contributed by atoms with Gasteiger partial charge in [0.15, 0.2) is 0 Å². The Morgan fingerprint density at radius 2 is 2.07 bits per heavy atom. The zero-order valence-corrected chi connectivity index (χ0v) is 7.73. The van der Waals surface area contributed by atoms with Crippen LogP contribution in [0, 0.1) is 0 Å². The Bertz CT molecular complexity index is 453. The second kappa shape index (κ2) is 3.59. The molecule has 0 radical (unpaired) electrons. The van der Waals surface area contributed by atoms with Gasteiger partial charge in [-0.1, -0.05) is 0 Å². The molecule has 2 aromatic heterocycles. The molecule has 0 aliphatic rings. The normalized spacial score (nSPS) is 10.1. The second-order valence-corrected chi connectivity index (χ2v) is 2.91. The minimum absolute atomic E-state index is 0.0823. The molecule has 0 aliphatic heterocycles. The van der Waals surface area contributed by atoms with E-state index in [2.05, 4.69) is 9.97 Å². The van der Waals surface area contributed by atoms with Crippen molar-refractivity contribution >= 4 is 17.4 Å².